The van der Waals surface area contributed by atoms with Crippen LogP contribution >= 0.6 is 0 Å². The maximum Gasteiger partial charge on any atom is 0.0128 e. The van der Waals surface area contributed by atoms with E-state index in [0.29, 0.717) is 6.04 Å². The third-order valence-corrected chi connectivity index (χ3v) is 4.27. The molecule has 1 heterocycles. The summed E-state index contributed by atoms with van der Waals surface area (Å²) in [4.78, 5) is 2.53. The standard InChI is InChI=1S/C9H16N2/c1-11-4-7-6-2-5(9(7)10)3-8(6)11/h5-9H,2-4,10H2,1H3. The maximum atomic E-state index is 6.14. The summed E-state index contributed by atoms with van der Waals surface area (Å²) in [5, 5.41) is 0. The van der Waals surface area contributed by atoms with E-state index in [1.807, 2.05) is 0 Å². The average Bonchev–Trinajstić information content (AvgIpc) is 2.53. The molecule has 2 heteroatoms. The van der Waals surface area contributed by atoms with Crippen molar-refractivity contribution in [2.45, 2.75) is 24.9 Å². The smallest absolute Gasteiger partial charge is 0.0128 e. The number of nitrogens with zero attached hydrogens (tertiary/aromatic N) is 1. The molecule has 62 valence electrons. The minimum Gasteiger partial charge on any atom is -0.327 e. The lowest BCUT2D eigenvalue weighted by Gasteiger charge is -2.24. The Balaban J connectivity index is 1.98. The molecule has 3 rings (SSSR count). The summed E-state index contributed by atoms with van der Waals surface area (Å²) in [6.45, 7) is 1.27. The van der Waals surface area contributed by atoms with Gasteiger partial charge < -0.3 is 10.6 Å². The molecule has 1 aliphatic heterocycles. The normalized spacial score (nSPS) is 61.1. The van der Waals surface area contributed by atoms with Crippen LogP contribution in [0.15, 0.2) is 0 Å². The van der Waals surface area contributed by atoms with Crippen molar-refractivity contribution in [3.63, 3.8) is 0 Å². The highest BCUT2D eigenvalue weighted by atomic mass is 15.2. The average molecular weight is 152 g/mol. The number of rotatable bonds is 0. The minimum atomic E-state index is 0.543. The van der Waals surface area contributed by atoms with E-state index >= 15 is 0 Å². The monoisotopic (exact) mass is 152 g/mol. The molecule has 0 aromatic rings. The van der Waals surface area contributed by atoms with Gasteiger partial charge in [0.1, 0.15) is 0 Å². The molecular formula is C9H16N2. The first-order valence-electron chi connectivity index (χ1n) is 4.73. The van der Waals surface area contributed by atoms with Crippen LogP contribution in [0.5, 0.6) is 0 Å². The number of nitrogens with two attached hydrogens (primary N) is 1. The highest BCUT2D eigenvalue weighted by Gasteiger charge is 2.56. The molecule has 0 spiro atoms. The lowest BCUT2D eigenvalue weighted by atomic mass is 9.86. The van der Waals surface area contributed by atoms with Gasteiger partial charge in [0.25, 0.3) is 0 Å². The van der Waals surface area contributed by atoms with Gasteiger partial charge in [-0.1, -0.05) is 0 Å². The molecule has 2 nitrogen and oxygen atoms in total. The molecule has 2 aliphatic carbocycles. The van der Waals surface area contributed by atoms with Gasteiger partial charge in [0, 0.05) is 18.6 Å². The van der Waals surface area contributed by atoms with Crippen LogP contribution in [0.3, 0.4) is 0 Å². The second kappa shape index (κ2) is 1.80. The summed E-state index contributed by atoms with van der Waals surface area (Å²) in [7, 11) is 2.26. The van der Waals surface area contributed by atoms with Gasteiger partial charge in [0.2, 0.25) is 0 Å². The second-order valence-electron chi connectivity index (χ2n) is 4.64. The summed E-state index contributed by atoms with van der Waals surface area (Å²) in [6.07, 6.45) is 2.82. The molecule has 2 bridgehead atoms. The van der Waals surface area contributed by atoms with Crippen molar-refractivity contribution >= 4 is 0 Å². The molecule has 1 saturated heterocycles. The Morgan fingerprint density at radius 2 is 2.09 bits per heavy atom. The maximum absolute atomic E-state index is 6.14. The van der Waals surface area contributed by atoms with E-state index < -0.39 is 0 Å². The van der Waals surface area contributed by atoms with Gasteiger partial charge in [0.15, 0.2) is 0 Å². The fourth-order valence-electron chi connectivity index (χ4n) is 3.73. The first-order valence-corrected chi connectivity index (χ1v) is 4.73. The van der Waals surface area contributed by atoms with Crippen LogP contribution in [0.1, 0.15) is 12.8 Å². The van der Waals surface area contributed by atoms with Crippen molar-refractivity contribution in [3.05, 3.63) is 0 Å². The Morgan fingerprint density at radius 3 is 2.73 bits per heavy atom. The van der Waals surface area contributed by atoms with E-state index in [2.05, 4.69) is 11.9 Å². The van der Waals surface area contributed by atoms with Crippen molar-refractivity contribution in [2.24, 2.45) is 23.5 Å². The molecule has 0 amide bonds. The second-order valence-corrected chi connectivity index (χ2v) is 4.64. The largest absolute Gasteiger partial charge is 0.327 e. The topological polar surface area (TPSA) is 29.3 Å². The van der Waals surface area contributed by atoms with Crippen LogP contribution in [-0.4, -0.2) is 30.6 Å². The number of fused-ring (bicyclic) bond motifs is 1. The molecule has 3 aliphatic rings. The molecule has 11 heavy (non-hydrogen) atoms. The summed E-state index contributed by atoms with van der Waals surface area (Å²) in [5.74, 6) is 2.70. The van der Waals surface area contributed by atoms with Crippen molar-refractivity contribution < 1.29 is 0 Å². The minimum absolute atomic E-state index is 0.543. The van der Waals surface area contributed by atoms with E-state index in [4.69, 9.17) is 5.73 Å². The summed E-state index contributed by atoms with van der Waals surface area (Å²) < 4.78 is 0. The molecule has 5 unspecified atom stereocenters. The zero-order valence-corrected chi connectivity index (χ0v) is 7.03. The number of hydrogen-bond acceptors (Lipinski definition) is 2. The molecule has 5 atom stereocenters. The predicted molar refractivity (Wildman–Crippen MR) is 44.1 cm³/mol. The van der Waals surface area contributed by atoms with Gasteiger partial charge in [-0.15, -0.1) is 0 Å². The van der Waals surface area contributed by atoms with Gasteiger partial charge in [-0.05, 0) is 37.6 Å². The Bertz CT molecular complexity index is 192. The van der Waals surface area contributed by atoms with Crippen molar-refractivity contribution in [1.82, 2.24) is 4.90 Å². The quantitative estimate of drug-likeness (QED) is 0.540. The molecule has 0 aromatic carbocycles. The highest BCUT2D eigenvalue weighted by molar-refractivity contribution is 5.10. The van der Waals surface area contributed by atoms with Crippen LogP contribution in [0, 0.1) is 17.8 Å². The molecule has 2 saturated carbocycles. The Kier molecular flexibility index (Phi) is 1.06. The fourth-order valence-corrected chi connectivity index (χ4v) is 3.73. The molecule has 2 N–H and O–H groups in total. The third kappa shape index (κ3) is 0.611. The van der Waals surface area contributed by atoms with Gasteiger partial charge in [-0.2, -0.15) is 0 Å². The van der Waals surface area contributed by atoms with Crippen LogP contribution in [-0.2, 0) is 0 Å². The fraction of sp³-hybridized carbons (Fsp3) is 1.00. The first kappa shape index (κ1) is 6.44. The Labute approximate surface area is 67.7 Å². The zero-order chi connectivity index (χ0) is 7.59. The van der Waals surface area contributed by atoms with Gasteiger partial charge in [-0.25, -0.2) is 0 Å². The number of likely N-dealkylation sites (tertiary alicyclic amines) is 1. The third-order valence-electron chi connectivity index (χ3n) is 4.27. The Hall–Kier alpha value is -0.0800. The predicted octanol–water partition coefficient (Wildman–Crippen LogP) is 0.284. The van der Waals surface area contributed by atoms with E-state index in [0.717, 1.165) is 23.8 Å². The zero-order valence-electron chi connectivity index (χ0n) is 7.03. The molecule has 0 aromatic heterocycles. The van der Waals surface area contributed by atoms with Crippen LogP contribution in [0.4, 0.5) is 0 Å². The van der Waals surface area contributed by atoms with Gasteiger partial charge in [0.05, 0.1) is 0 Å². The van der Waals surface area contributed by atoms with E-state index in [-0.39, 0.29) is 0 Å². The van der Waals surface area contributed by atoms with Crippen molar-refractivity contribution in [2.75, 3.05) is 13.6 Å². The van der Waals surface area contributed by atoms with E-state index in [1.165, 1.54) is 19.4 Å². The summed E-state index contributed by atoms with van der Waals surface area (Å²) >= 11 is 0. The van der Waals surface area contributed by atoms with Crippen LogP contribution in [0.25, 0.3) is 0 Å². The molecule has 0 radical (unpaired) electrons. The summed E-state index contributed by atoms with van der Waals surface area (Å²) in [5.41, 5.74) is 6.14. The Morgan fingerprint density at radius 1 is 1.27 bits per heavy atom. The molecule has 3 fully saturated rings. The van der Waals surface area contributed by atoms with Crippen molar-refractivity contribution in [1.29, 1.82) is 0 Å². The first-order chi connectivity index (χ1) is 5.27. The van der Waals surface area contributed by atoms with E-state index in [9.17, 15) is 0 Å². The lowest BCUT2D eigenvalue weighted by Crippen LogP contribution is -2.36. The number of hydrogen-bond donors (Lipinski definition) is 1. The lowest BCUT2D eigenvalue weighted by molar-refractivity contribution is 0.276. The molecular weight excluding hydrogens is 136 g/mol. The highest BCUT2D eigenvalue weighted by Crippen LogP contribution is 2.53. The van der Waals surface area contributed by atoms with E-state index in [1.54, 1.807) is 0 Å². The van der Waals surface area contributed by atoms with Gasteiger partial charge in [-0.3, -0.25) is 0 Å². The van der Waals surface area contributed by atoms with Gasteiger partial charge >= 0.3 is 0 Å². The van der Waals surface area contributed by atoms with Crippen molar-refractivity contribution in [3.8, 4) is 0 Å². The van der Waals surface area contributed by atoms with Crippen LogP contribution < -0.4 is 5.73 Å². The van der Waals surface area contributed by atoms with Crippen LogP contribution in [0.2, 0.25) is 0 Å². The SMILES string of the molecule is CN1CC2C(N)C3CC2C1C3. The summed E-state index contributed by atoms with van der Waals surface area (Å²) in [6, 6.07) is 1.45.